The van der Waals surface area contributed by atoms with Gasteiger partial charge in [-0.1, -0.05) is 6.07 Å². The van der Waals surface area contributed by atoms with E-state index in [1.807, 2.05) is 24.8 Å². The Kier molecular flexibility index (Phi) is 5.75. The molecule has 2 amide bonds. The summed E-state index contributed by atoms with van der Waals surface area (Å²) < 4.78 is 0. The smallest absolute Gasteiger partial charge is 0.293 e. The number of amides is 2. The zero-order valence-corrected chi connectivity index (χ0v) is 15.6. The number of hydrogen-bond donors (Lipinski definition) is 0. The van der Waals surface area contributed by atoms with E-state index in [-0.39, 0.29) is 22.4 Å². The van der Waals surface area contributed by atoms with Gasteiger partial charge in [0, 0.05) is 31.8 Å². The number of carbonyl (C=O) groups is 2. The van der Waals surface area contributed by atoms with Gasteiger partial charge in [-0.2, -0.15) is 5.26 Å². The lowest BCUT2D eigenvalue weighted by molar-refractivity contribution is -0.384. The first-order chi connectivity index (χ1) is 12.8. The van der Waals surface area contributed by atoms with Gasteiger partial charge < -0.3 is 4.90 Å². The lowest BCUT2D eigenvalue weighted by Crippen LogP contribution is -2.39. The standard InChI is InChI=1S/C19H20N4O4/c1-5-22(6-2)16-8-7-13(10-17(16)23(26)27)9-14-12(3)15(11-20)19(25)21(4)18(14)24/h7-10H,5-6H2,1-4H3/b14-9-. The molecule has 27 heavy (non-hydrogen) atoms. The number of hydrogen-bond acceptors (Lipinski definition) is 6. The molecule has 1 aliphatic rings. The van der Waals surface area contributed by atoms with E-state index in [2.05, 4.69) is 0 Å². The van der Waals surface area contributed by atoms with Crippen LogP contribution in [-0.4, -0.2) is 41.8 Å². The van der Waals surface area contributed by atoms with Gasteiger partial charge in [-0.3, -0.25) is 24.6 Å². The van der Waals surface area contributed by atoms with Crippen LogP contribution in [0.15, 0.2) is 34.9 Å². The quantitative estimate of drug-likeness (QED) is 0.342. The summed E-state index contributed by atoms with van der Waals surface area (Å²) in [5.41, 5.74) is 1.19. The Balaban J connectivity index is 2.62. The summed E-state index contributed by atoms with van der Waals surface area (Å²) in [6.45, 7) is 6.58. The fourth-order valence-electron chi connectivity index (χ4n) is 2.97. The van der Waals surface area contributed by atoms with Gasteiger partial charge in [-0.15, -0.1) is 0 Å². The molecule has 2 rings (SSSR count). The van der Waals surface area contributed by atoms with Crippen LogP contribution in [0.2, 0.25) is 0 Å². The van der Waals surface area contributed by atoms with Gasteiger partial charge in [0.1, 0.15) is 17.3 Å². The molecule has 0 fully saturated rings. The number of anilines is 1. The van der Waals surface area contributed by atoms with Crippen LogP contribution in [0.4, 0.5) is 11.4 Å². The van der Waals surface area contributed by atoms with Crippen molar-refractivity contribution < 1.29 is 14.5 Å². The zero-order valence-electron chi connectivity index (χ0n) is 15.6. The Hall–Kier alpha value is -3.47. The van der Waals surface area contributed by atoms with E-state index >= 15 is 0 Å². The average Bonchev–Trinajstić information content (AvgIpc) is 2.65. The van der Waals surface area contributed by atoms with E-state index in [1.54, 1.807) is 12.1 Å². The average molecular weight is 368 g/mol. The second-order valence-corrected chi connectivity index (χ2v) is 6.02. The molecule has 140 valence electrons. The van der Waals surface area contributed by atoms with Crippen LogP contribution in [0.5, 0.6) is 0 Å². The molecule has 0 N–H and O–H groups in total. The molecule has 0 aromatic heterocycles. The van der Waals surface area contributed by atoms with Crippen molar-refractivity contribution in [3.05, 3.63) is 50.6 Å². The minimum Gasteiger partial charge on any atom is -0.367 e. The van der Waals surface area contributed by atoms with Crippen LogP contribution < -0.4 is 4.90 Å². The summed E-state index contributed by atoms with van der Waals surface area (Å²) in [5.74, 6) is -1.20. The van der Waals surface area contributed by atoms with Gasteiger partial charge in [-0.25, -0.2) is 0 Å². The largest absolute Gasteiger partial charge is 0.367 e. The van der Waals surface area contributed by atoms with Crippen molar-refractivity contribution in [2.75, 3.05) is 25.0 Å². The number of benzene rings is 1. The SMILES string of the molecule is CCN(CC)c1ccc(/C=C2\C(=O)N(C)C(=O)C(C#N)=C2C)cc1[N+](=O)[O-]. The highest BCUT2D eigenvalue weighted by Gasteiger charge is 2.33. The Labute approximate surface area is 157 Å². The summed E-state index contributed by atoms with van der Waals surface area (Å²) in [7, 11) is 1.30. The normalized spacial score (nSPS) is 16.0. The monoisotopic (exact) mass is 368 g/mol. The van der Waals surface area contributed by atoms with E-state index < -0.39 is 16.7 Å². The highest BCUT2D eigenvalue weighted by atomic mass is 16.6. The molecule has 8 heteroatoms. The van der Waals surface area contributed by atoms with E-state index in [0.717, 1.165) is 4.90 Å². The summed E-state index contributed by atoms with van der Waals surface area (Å²) in [6, 6.07) is 6.53. The highest BCUT2D eigenvalue weighted by Crippen LogP contribution is 2.32. The van der Waals surface area contributed by atoms with Crippen LogP contribution >= 0.6 is 0 Å². The Morgan fingerprint density at radius 1 is 1.26 bits per heavy atom. The molecule has 0 aliphatic carbocycles. The molecule has 0 atom stereocenters. The maximum Gasteiger partial charge on any atom is 0.293 e. The van der Waals surface area contributed by atoms with Crippen LogP contribution in [0.1, 0.15) is 26.3 Å². The molecule has 0 saturated carbocycles. The molecule has 0 saturated heterocycles. The zero-order chi connectivity index (χ0) is 20.3. The van der Waals surface area contributed by atoms with Crippen molar-refractivity contribution >= 4 is 29.3 Å². The van der Waals surface area contributed by atoms with Crippen molar-refractivity contribution in [1.29, 1.82) is 5.26 Å². The van der Waals surface area contributed by atoms with Gasteiger partial charge in [0.15, 0.2) is 0 Å². The number of rotatable bonds is 5. The highest BCUT2D eigenvalue weighted by molar-refractivity contribution is 6.19. The number of likely N-dealkylation sites (N-methyl/N-ethyl adjacent to an activating group) is 1. The Bertz CT molecular complexity index is 920. The topological polar surface area (TPSA) is 108 Å². The second-order valence-electron chi connectivity index (χ2n) is 6.02. The third kappa shape index (κ3) is 3.58. The molecule has 1 aromatic rings. The predicted molar refractivity (Wildman–Crippen MR) is 101 cm³/mol. The third-order valence-electron chi connectivity index (χ3n) is 4.56. The van der Waals surface area contributed by atoms with E-state index in [0.29, 0.717) is 24.3 Å². The van der Waals surface area contributed by atoms with Crippen molar-refractivity contribution in [3.8, 4) is 6.07 Å². The van der Waals surface area contributed by atoms with Crippen LogP contribution in [-0.2, 0) is 9.59 Å². The molecule has 1 aromatic carbocycles. The second kappa shape index (κ2) is 7.83. The van der Waals surface area contributed by atoms with Crippen LogP contribution in [0.3, 0.4) is 0 Å². The number of nitro benzene ring substituents is 1. The lowest BCUT2D eigenvalue weighted by Gasteiger charge is -2.24. The molecular weight excluding hydrogens is 348 g/mol. The van der Waals surface area contributed by atoms with Crippen molar-refractivity contribution in [2.24, 2.45) is 0 Å². The fourth-order valence-corrected chi connectivity index (χ4v) is 2.97. The lowest BCUT2D eigenvalue weighted by atomic mass is 9.94. The number of nitro groups is 1. The first-order valence-electron chi connectivity index (χ1n) is 8.45. The maximum atomic E-state index is 12.4. The van der Waals surface area contributed by atoms with Gasteiger partial charge >= 0.3 is 0 Å². The molecule has 8 nitrogen and oxygen atoms in total. The van der Waals surface area contributed by atoms with Gasteiger partial charge in [-0.05, 0) is 44.1 Å². The third-order valence-corrected chi connectivity index (χ3v) is 4.56. The van der Waals surface area contributed by atoms with E-state index in [4.69, 9.17) is 0 Å². The van der Waals surface area contributed by atoms with Crippen molar-refractivity contribution in [3.63, 3.8) is 0 Å². The van der Waals surface area contributed by atoms with E-state index in [9.17, 15) is 25.0 Å². The van der Waals surface area contributed by atoms with Crippen LogP contribution in [0.25, 0.3) is 6.08 Å². The maximum absolute atomic E-state index is 12.4. The Morgan fingerprint density at radius 3 is 2.41 bits per heavy atom. The summed E-state index contributed by atoms with van der Waals surface area (Å²) in [6.07, 6.45) is 1.47. The molecular formula is C19H20N4O4. The van der Waals surface area contributed by atoms with E-state index in [1.165, 1.54) is 26.1 Å². The summed E-state index contributed by atoms with van der Waals surface area (Å²) in [4.78, 5) is 38.2. The minimum absolute atomic E-state index is 0.0668. The van der Waals surface area contributed by atoms with Crippen LogP contribution in [0, 0.1) is 21.4 Å². The van der Waals surface area contributed by atoms with Crippen molar-refractivity contribution in [2.45, 2.75) is 20.8 Å². The van der Waals surface area contributed by atoms with Gasteiger partial charge in [0.05, 0.1) is 4.92 Å². The van der Waals surface area contributed by atoms with Gasteiger partial charge in [0.25, 0.3) is 17.5 Å². The number of nitriles is 1. The van der Waals surface area contributed by atoms with Gasteiger partial charge in [0.2, 0.25) is 0 Å². The first-order valence-corrected chi connectivity index (χ1v) is 8.45. The Morgan fingerprint density at radius 2 is 1.89 bits per heavy atom. The summed E-state index contributed by atoms with van der Waals surface area (Å²) in [5, 5.41) is 20.7. The van der Waals surface area contributed by atoms with Crippen molar-refractivity contribution in [1.82, 2.24) is 4.90 Å². The molecule has 1 heterocycles. The molecule has 1 aliphatic heterocycles. The number of carbonyl (C=O) groups excluding carboxylic acids is 2. The number of imide groups is 1. The summed E-state index contributed by atoms with van der Waals surface area (Å²) >= 11 is 0. The molecule has 0 radical (unpaired) electrons. The molecule has 0 spiro atoms. The molecule has 0 bridgehead atoms. The number of nitrogens with zero attached hydrogens (tertiary/aromatic N) is 4. The predicted octanol–water partition coefficient (Wildman–Crippen LogP) is 2.66. The minimum atomic E-state index is -0.653. The molecule has 0 unspecified atom stereocenters. The first kappa shape index (κ1) is 19.8. The fraction of sp³-hybridized carbons (Fsp3) is 0.316.